The molecule has 28 heavy (non-hydrogen) atoms. The molecule has 0 aliphatic heterocycles. The molecule has 7 heteroatoms. The van der Waals surface area contributed by atoms with Gasteiger partial charge >= 0.3 is 6.03 Å². The number of para-hydroxylation sites is 1. The van der Waals surface area contributed by atoms with Gasteiger partial charge in [-0.25, -0.2) is 14.8 Å². The van der Waals surface area contributed by atoms with E-state index in [1.807, 2.05) is 66.7 Å². The monoisotopic (exact) mass is 370 g/mol. The van der Waals surface area contributed by atoms with Gasteiger partial charge in [0.15, 0.2) is 5.65 Å². The van der Waals surface area contributed by atoms with Crippen molar-refractivity contribution >= 4 is 34.5 Å². The Morgan fingerprint density at radius 1 is 0.929 bits per heavy atom. The maximum atomic E-state index is 11.9. The summed E-state index contributed by atoms with van der Waals surface area (Å²) >= 11 is 0. The number of nitrogens with one attached hydrogen (secondary N) is 3. The molecule has 0 saturated heterocycles. The molecular weight excluding hydrogens is 352 g/mol. The molecule has 0 fully saturated rings. The van der Waals surface area contributed by atoms with E-state index in [1.165, 1.54) is 0 Å². The number of carbonyl (C=O) groups is 1. The molecule has 0 atom stereocenters. The van der Waals surface area contributed by atoms with E-state index < -0.39 is 0 Å². The fourth-order valence-electron chi connectivity index (χ4n) is 2.78. The van der Waals surface area contributed by atoms with Crippen LogP contribution in [0.15, 0.2) is 72.9 Å². The minimum atomic E-state index is -0.347. The highest BCUT2D eigenvalue weighted by Gasteiger charge is 2.13. The average Bonchev–Trinajstić information content (AvgIpc) is 2.74. The summed E-state index contributed by atoms with van der Waals surface area (Å²) in [6.45, 7) is 0. The van der Waals surface area contributed by atoms with Gasteiger partial charge in [-0.15, -0.1) is 0 Å². The summed E-state index contributed by atoms with van der Waals surface area (Å²) in [5.41, 5.74) is 3.10. The Kier molecular flexibility index (Phi) is 4.79. The Bertz CT molecular complexity index is 1120. The van der Waals surface area contributed by atoms with Crippen LogP contribution in [0.1, 0.15) is 0 Å². The van der Waals surface area contributed by atoms with Crippen molar-refractivity contribution < 1.29 is 4.79 Å². The molecular formula is C21H18N6O. The van der Waals surface area contributed by atoms with Crippen LogP contribution in [0.3, 0.4) is 0 Å². The summed E-state index contributed by atoms with van der Waals surface area (Å²) < 4.78 is 0. The Hall–Kier alpha value is -4.00. The minimum Gasteiger partial charge on any atom is -0.341 e. The van der Waals surface area contributed by atoms with Crippen LogP contribution in [0.25, 0.3) is 22.2 Å². The van der Waals surface area contributed by atoms with Crippen molar-refractivity contribution in [3.8, 4) is 11.1 Å². The number of pyridine rings is 1. The molecule has 0 unspecified atom stereocenters. The first-order chi connectivity index (χ1) is 13.7. The van der Waals surface area contributed by atoms with Crippen LogP contribution in [-0.4, -0.2) is 28.0 Å². The smallest absolute Gasteiger partial charge is 0.320 e. The molecule has 2 aromatic carbocycles. The summed E-state index contributed by atoms with van der Waals surface area (Å²) in [6, 6.07) is 21.0. The van der Waals surface area contributed by atoms with Crippen molar-refractivity contribution in [1.82, 2.24) is 20.3 Å². The van der Waals surface area contributed by atoms with Gasteiger partial charge < -0.3 is 10.6 Å². The molecule has 4 aromatic rings. The van der Waals surface area contributed by atoms with Gasteiger partial charge in [-0.3, -0.25) is 5.32 Å². The Morgan fingerprint density at radius 2 is 1.64 bits per heavy atom. The zero-order valence-electron chi connectivity index (χ0n) is 15.2. The molecule has 4 rings (SSSR count). The second-order valence-corrected chi connectivity index (χ2v) is 6.05. The highest BCUT2D eigenvalue weighted by Crippen LogP contribution is 2.29. The molecule has 0 bridgehead atoms. The predicted molar refractivity (Wildman–Crippen MR) is 111 cm³/mol. The number of urea groups is 1. The van der Waals surface area contributed by atoms with Crippen LogP contribution in [0.4, 0.5) is 22.2 Å². The van der Waals surface area contributed by atoms with E-state index in [4.69, 9.17) is 0 Å². The quantitative estimate of drug-likeness (QED) is 0.501. The number of rotatable bonds is 4. The topological polar surface area (TPSA) is 91.8 Å². The van der Waals surface area contributed by atoms with Gasteiger partial charge in [0.05, 0.1) is 0 Å². The Balaban J connectivity index is 1.78. The summed E-state index contributed by atoms with van der Waals surface area (Å²) in [5.74, 6) is 0.868. The maximum absolute atomic E-state index is 11.9. The standard InChI is InChI=1S/C21H18N6O/c1-22-21(28)27-19-17(14-8-4-2-5-9-14)12-15-13-23-20(26-18(15)25-19)24-16-10-6-3-7-11-16/h2-13H,1H3,(H3,22,23,24,25,26,27,28). The Morgan fingerprint density at radius 3 is 2.36 bits per heavy atom. The van der Waals surface area contributed by atoms with Gasteiger partial charge in [-0.2, -0.15) is 4.98 Å². The van der Waals surface area contributed by atoms with E-state index in [-0.39, 0.29) is 6.03 Å². The SMILES string of the molecule is CNC(=O)Nc1nc2nc(Nc3ccccc3)ncc2cc1-c1ccccc1. The van der Waals surface area contributed by atoms with Crippen LogP contribution in [-0.2, 0) is 0 Å². The molecule has 7 nitrogen and oxygen atoms in total. The molecule has 0 aliphatic rings. The van der Waals surface area contributed by atoms with E-state index in [0.29, 0.717) is 17.4 Å². The normalized spacial score (nSPS) is 10.5. The highest BCUT2D eigenvalue weighted by molar-refractivity contribution is 5.96. The number of benzene rings is 2. The molecule has 2 amide bonds. The molecule has 138 valence electrons. The van der Waals surface area contributed by atoms with Crippen molar-refractivity contribution in [2.45, 2.75) is 0 Å². The van der Waals surface area contributed by atoms with Gasteiger partial charge in [-0.05, 0) is 23.8 Å². The third-order valence-electron chi connectivity index (χ3n) is 4.14. The van der Waals surface area contributed by atoms with Crippen molar-refractivity contribution in [3.05, 3.63) is 72.9 Å². The number of anilines is 3. The summed E-state index contributed by atoms with van der Waals surface area (Å²) in [7, 11) is 1.56. The number of fused-ring (bicyclic) bond motifs is 1. The van der Waals surface area contributed by atoms with E-state index in [9.17, 15) is 4.79 Å². The first-order valence-electron chi connectivity index (χ1n) is 8.77. The van der Waals surface area contributed by atoms with Crippen LogP contribution >= 0.6 is 0 Å². The molecule has 0 saturated carbocycles. The van der Waals surface area contributed by atoms with Gasteiger partial charge in [0.1, 0.15) is 5.82 Å². The van der Waals surface area contributed by atoms with E-state index in [1.54, 1.807) is 13.2 Å². The molecule has 0 radical (unpaired) electrons. The lowest BCUT2D eigenvalue weighted by Crippen LogP contribution is -2.25. The summed E-state index contributed by atoms with van der Waals surface area (Å²) in [6.07, 6.45) is 1.72. The van der Waals surface area contributed by atoms with E-state index in [2.05, 4.69) is 30.9 Å². The highest BCUT2D eigenvalue weighted by atomic mass is 16.2. The number of nitrogens with zero attached hydrogens (tertiary/aromatic N) is 3. The lowest BCUT2D eigenvalue weighted by atomic mass is 10.1. The average molecular weight is 370 g/mol. The molecule has 3 N–H and O–H groups in total. The fourth-order valence-corrected chi connectivity index (χ4v) is 2.78. The van der Waals surface area contributed by atoms with Crippen molar-refractivity contribution in [3.63, 3.8) is 0 Å². The molecule has 2 heterocycles. The van der Waals surface area contributed by atoms with Crippen LogP contribution in [0.5, 0.6) is 0 Å². The van der Waals surface area contributed by atoms with Crippen molar-refractivity contribution in [2.75, 3.05) is 17.7 Å². The fraction of sp³-hybridized carbons (Fsp3) is 0.0476. The van der Waals surface area contributed by atoms with E-state index in [0.717, 1.165) is 22.2 Å². The van der Waals surface area contributed by atoms with Crippen LogP contribution in [0.2, 0.25) is 0 Å². The zero-order valence-corrected chi connectivity index (χ0v) is 15.2. The summed E-state index contributed by atoms with van der Waals surface area (Å²) in [4.78, 5) is 25.4. The second kappa shape index (κ2) is 7.71. The lowest BCUT2D eigenvalue weighted by molar-refractivity contribution is 0.254. The first kappa shape index (κ1) is 17.4. The predicted octanol–water partition coefficient (Wildman–Crippen LogP) is 4.19. The Labute approximate surface area is 161 Å². The van der Waals surface area contributed by atoms with Gasteiger partial charge in [0.25, 0.3) is 0 Å². The maximum Gasteiger partial charge on any atom is 0.320 e. The minimum absolute atomic E-state index is 0.347. The van der Waals surface area contributed by atoms with Gasteiger partial charge in [-0.1, -0.05) is 48.5 Å². The number of aromatic nitrogens is 3. The van der Waals surface area contributed by atoms with Crippen molar-refractivity contribution in [2.24, 2.45) is 0 Å². The number of hydrogen-bond acceptors (Lipinski definition) is 5. The van der Waals surface area contributed by atoms with Crippen LogP contribution < -0.4 is 16.0 Å². The van der Waals surface area contributed by atoms with Gasteiger partial charge in [0, 0.05) is 29.9 Å². The molecule has 2 aromatic heterocycles. The largest absolute Gasteiger partial charge is 0.341 e. The third kappa shape index (κ3) is 3.73. The number of hydrogen-bond donors (Lipinski definition) is 3. The van der Waals surface area contributed by atoms with Gasteiger partial charge in [0.2, 0.25) is 5.95 Å². The number of carbonyl (C=O) groups excluding carboxylic acids is 1. The zero-order chi connectivity index (χ0) is 19.3. The lowest BCUT2D eigenvalue weighted by Gasteiger charge is -2.12. The van der Waals surface area contributed by atoms with Crippen molar-refractivity contribution in [1.29, 1.82) is 0 Å². The third-order valence-corrected chi connectivity index (χ3v) is 4.14. The first-order valence-corrected chi connectivity index (χ1v) is 8.77. The molecule has 0 spiro atoms. The van der Waals surface area contributed by atoms with E-state index >= 15 is 0 Å². The second-order valence-electron chi connectivity index (χ2n) is 6.05. The number of amides is 2. The molecule has 0 aliphatic carbocycles. The van der Waals surface area contributed by atoms with Crippen LogP contribution in [0, 0.1) is 0 Å². The summed E-state index contributed by atoms with van der Waals surface area (Å²) in [5, 5.41) is 9.26.